The predicted molar refractivity (Wildman–Crippen MR) is 98.4 cm³/mol. The largest absolute Gasteiger partial charge is 0.394 e. The summed E-state index contributed by atoms with van der Waals surface area (Å²) in [5.74, 6) is 0.476. The van der Waals surface area contributed by atoms with Crippen LogP contribution in [0.5, 0.6) is 0 Å². The number of aliphatic hydroxyl groups is 3. The van der Waals surface area contributed by atoms with Gasteiger partial charge in [-0.15, -0.1) is 0 Å². The van der Waals surface area contributed by atoms with Crippen LogP contribution in [-0.4, -0.2) is 59.1 Å². The Balaban J connectivity index is 2.18. The monoisotopic (exact) mass is 447 g/mol. The number of anilines is 3. The van der Waals surface area contributed by atoms with Crippen LogP contribution in [0.15, 0.2) is 39.8 Å². The molecule has 0 saturated heterocycles. The molecule has 0 amide bonds. The fraction of sp³-hybridized carbons (Fsp3) is 0.286. The average molecular weight is 448 g/mol. The standard InChI is InChI=1S/C14H18BrN5O5S/c15-10-5-17-14(20-13(10)19-11(6-21)12(23)7-22)18-8-1-3-9(4-2-8)26(16,24)25/h1-5,11-12,21-23H,6-7H2,(H2,16,24,25)(H2,17,18,19,20)/t11-,12-/m1/s1. The van der Waals surface area contributed by atoms with E-state index in [0.29, 0.717) is 10.2 Å². The van der Waals surface area contributed by atoms with Gasteiger partial charge in [0.25, 0.3) is 0 Å². The van der Waals surface area contributed by atoms with Crippen LogP contribution in [-0.2, 0) is 10.0 Å². The number of sulfonamides is 1. The summed E-state index contributed by atoms with van der Waals surface area (Å²) in [6.45, 7) is -0.946. The Bertz CT molecular complexity index is 849. The Morgan fingerprint density at radius 3 is 2.38 bits per heavy atom. The van der Waals surface area contributed by atoms with Crippen LogP contribution in [0.25, 0.3) is 0 Å². The lowest BCUT2D eigenvalue weighted by molar-refractivity contribution is 0.0611. The quantitative estimate of drug-likeness (QED) is 0.319. The van der Waals surface area contributed by atoms with Crippen LogP contribution in [0.1, 0.15) is 0 Å². The van der Waals surface area contributed by atoms with E-state index in [1.807, 2.05) is 0 Å². The van der Waals surface area contributed by atoms with Crippen molar-refractivity contribution in [3.8, 4) is 0 Å². The second-order valence-electron chi connectivity index (χ2n) is 5.27. The minimum absolute atomic E-state index is 0.0223. The fourth-order valence-corrected chi connectivity index (χ4v) is 2.77. The number of nitrogens with two attached hydrogens (primary N) is 1. The predicted octanol–water partition coefficient (Wildman–Crippen LogP) is -0.244. The summed E-state index contributed by atoms with van der Waals surface area (Å²) in [5.41, 5.74) is 0.528. The molecule has 1 aromatic heterocycles. The number of nitrogens with zero attached hydrogens (tertiary/aromatic N) is 2. The summed E-state index contributed by atoms with van der Waals surface area (Å²) in [7, 11) is -3.77. The van der Waals surface area contributed by atoms with Crippen LogP contribution < -0.4 is 15.8 Å². The number of halogens is 1. The van der Waals surface area contributed by atoms with E-state index in [-0.39, 0.29) is 16.7 Å². The number of hydrogen-bond donors (Lipinski definition) is 6. The molecule has 26 heavy (non-hydrogen) atoms. The van der Waals surface area contributed by atoms with Crippen molar-refractivity contribution in [1.82, 2.24) is 9.97 Å². The maximum absolute atomic E-state index is 11.3. The summed E-state index contributed by atoms with van der Waals surface area (Å²) in [5, 5.41) is 38.7. The highest BCUT2D eigenvalue weighted by atomic mass is 79.9. The molecule has 0 spiro atoms. The molecule has 2 atom stereocenters. The SMILES string of the molecule is NS(=O)(=O)c1ccc(Nc2ncc(Br)c(N[C@H](CO)[C@H](O)CO)n2)cc1. The molecule has 0 aliphatic carbocycles. The maximum Gasteiger partial charge on any atom is 0.238 e. The third kappa shape index (κ3) is 5.33. The van der Waals surface area contributed by atoms with E-state index >= 15 is 0 Å². The lowest BCUT2D eigenvalue weighted by Gasteiger charge is -2.21. The van der Waals surface area contributed by atoms with Gasteiger partial charge in [0.05, 0.1) is 34.7 Å². The zero-order chi connectivity index (χ0) is 19.3. The summed E-state index contributed by atoms with van der Waals surface area (Å²) in [4.78, 5) is 8.27. The van der Waals surface area contributed by atoms with Gasteiger partial charge in [0.15, 0.2) is 0 Å². The first kappa shape index (κ1) is 20.5. The minimum Gasteiger partial charge on any atom is -0.394 e. The Morgan fingerprint density at radius 2 is 1.85 bits per heavy atom. The van der Waals surface area contributed by atoms with Crippen molar-refractivity contribution in [3.05, 3.63) is 34.9 Å². The van der Waals surface area contributed by atoms with E-state index in [4.69, 9.17) is 10.2 Å². The van der Waals surface area contributed by atoms with Gasteiger partial charge in [-0.25, -0.2) is 18.5 Å². The first-order valence-electron chi connectivity index (χ1n) is 7.33. The summed E-state index contributed by atoms with van der Waals surface area (Å²) in [6, 6.07) is 4.87. The highest BCUT2D eigenvalue weighted by Gasteiger charge is 2.19. The van der Waals surface area contributed by atoms with Crippen molar-refractivity contribution in [2.24, 2.45) is 5.14 Å². The summed E-state index contributed by atoms with van der Waals surface area (Å²) in [6.07, 6.45) is 0.278. The first-order chi connectivity index (χ1) is 12.2. The second-order valence-corrected chi connectivity index (χ2v) is 7.68. The molecule has 1 aromatic carbocycles. The van der Waals surface area contributed by atoms with Gasteiger partial charge in [-0.2, -0.15) is 4.98 Å². The van der Waals surface area contributed by atoms with E-state index in [1.165, 1.54) is 30.5 Å². The van der Waals surface area contributed by atoms with Crippen LogP contribution in [0.3, 0.4) is 0 Å². The molecule has 1 heterocycles. The number of primary sulfonamides is 1. The highest BCUT2D eigenvalue weighted by Crippen LogP contribution is 2.23. The molecule has 142 valence electrons. The van der Waals surface area contributed by atoms with E-state index in [0.717, 1.165) is 0 Å². The number of hydrogen-bond acceptors (Lipinski definition) is 9. The van der Waals surface area contributed by atoms with Crippen LogP contribution in [0, 0.1) is 0 Å². The smallest absolute Gasteiger partial charge is 0.238 e. The normalized spacial score (nSPS) is 13.9. The first-order valence-corrected chi connectivity index (χ1v) is 9.67. The molecule has 10 nitrogen and oxygen atoms in total. The van der Waals surface area contributed by atoms with Crippen molar-refractivity contribution in [3.63, 3.8) is 0 Å². The van der Waals surface area contributed by atoms with Gasteiger partial charge in [-0.05, 0) is 40.2 Å². The van der Waals surface area contributed by atoms with E-state index < -0.39 is 35.4 Å². The van der Waals surface area contributed by atoms with Gasteiger partial charge < -0.3 is 26.0 Å². The van der Waals surface area contributed by atoms with Crippen LogP contribution in [0.4, 0.5) is 17.5 Å². The number of rotatable bonds is 8. The average Bonchev–Trinajstić information content (AvgIpc) is 2.61. The summed E-state index contributed by atoms with van der Waals surface area (Å²) >= 11 is 3.25. The van der Waals surface area contributed by atoms with Crippen molar-refractivity contribution < 1.29 is 23.7 Å². The van der Waals surface area contributed by atoms with E-state index in [2.05, 4.69) is 36.5 Å². The van der Waals surface area contributed by atoms with Gasteiger partial charge in [-0.1, -0.05) is 0 Å². The fourth-order valence-electron chi connectivity index (χ4n) is 1.95. The van der Waals surface area contributed by atoms with Crippen LogP contribution >= 0.6 is 15.9 Å². The number of aromatic nitrogens is 2. The Kier molecular flexibility index (Phi) is 6.86. The lowest BCUT2D eigenvalue weighted by Crippen LogP contribution is -2.39. The van der Waals surface area contributed by atoms with Crippen molar-refractivity contribution in [1.29, 1.82) is 0 Å². The maximum atomic E-state index is 11.3. The molecule has 12 heteroatoms. The van der Waals surface area contributed by atoms with Gasteiger partial charge in [0.2, 0.25) is 16.0 Å². The molecule has 0 aliphatic heterocycles. The Labute approximate surface area is 158 Å². The molecule has 0 unspecified atom stereocenters. The summed E-state index contributed by atoms with van der Waals surface area (Å²) < 4.78 is 23.0. The molecular weight excluding hydrogens is 430 g/mol. The molecule has 2 rings (SSSR count). The minimum atomic E-state index is -3.77. The second kappa shape index (κ2) is 8.70. The topological polar surface area (TPSA) is 171 Å². The molecule has 7 N–H and O–H groups in total. The number of aliphatic hydroxyl groups excluding tert-OH is 3. The molecule has 0 radical (unpaired) electrons. The third-order valence-electron chi connectivity index (χ3n) is 3.35. The highest BCUT2D eigenvalue weighted by molar-refractivity contribution is 9.10. The van der Waals surface area contributed by atoms with Crippen molar-refractivity contribution in [2.75, 3.05) is 23.8 Å². The molecular formula is C14H18BrN5O5S. The number of benzene rings is 1. The molecule has 0 aliphatic rings. The van der Waals surface area contributed by atoms with E-state index in [1.54, 1.807) is 0 Å². The Hall–Kier alpha value is -1.83. The lowest BCUT2D eigenvalue weighted by atomic mass is 10.2. The zero-order valence-electron chi connectivity index (χ0n) is 13.4. The zero-order valence-corrected chi connectivity index (χ0v) is 15.8. The van der Waals surface area contributed by atoms with Gasteiger partial charge in [0.1, 0.15) is 5.82 Å². The molecule has 2 aromatic rings. The van der Waals surface area contributed by atoms with Gasteiger partial charge >= 0.3 is 0 Å². The van der Waals surface area contributed by atoms with Crippen molar-refractivity contribution in [2.45, 2.75) is 17.0 Å². The van der Waals surface area contributed by atoms with Gasteiger partial charge in [0, 0.05) is 11.9 Å². The molecule has 0 bridgehead atoms. The van der Waals surface area contributed by atoms with Crippen molar-refractivity contribution >= 4 is 43.4 Å². The molecule has 0 saturated carbocycles. The Morgan fingerprint density at radius 1 is 1.19 bits per heavy atom. The third-order valence-corrected chi connectivity index (χ3v) is 4.86. The molecule has 0 fully saturated rings. The van der Waals surface area contributed by atoms with E-state index in [9.17, 15) is 18.6 Å². The van der Waals surface area contributed by atoms with Crippen LogP contribution in [0.2, 0.25) is 0 Å². The van der Waals surface area contributed by atoms with Gasteiger partial charge in [-0.3, -0.25) is 0 Å². The number of nitrogens with one attached hydrogen (secondary N) is 2.